The van der Waals surface area contributed by atoms with E-state index in [-0.39, 0.29) is 6.10 Å². The smallest absolute Gasteiger partial charge is 0.0483 e. The Balaban J connectivity index is -0.000000131. The molecule has 14 heavy (non-hydrogen) atoms. The molecule has 0 fully saturated rings. The zero-order valence-corrected chi connectivity index (χ0v) is 10.4. The Morgan fingerprint density at radius 3 is 1.43 bits per heavy atom. The van der Waals surface area contributed by atoms with E-state index in [1.165, 1.54) is 0 Å². The molecule has 0 saturated carbocycles. The Labute approximate surface area is 89.1 Å². The van der Waals surface area contributed by atoms with Gasteiger partial charge >= 0.3 is 0 Å². The van der Waals surface area contributed by atoms with E-state index in [1.807, 2.05) is 13.8 Å². The van der Waals surface area contributed by atoms with Crippen LogP contribution in [0.4, 0.5) is 0 Å². The number of unbranched alkanes of at least 4 members (excludes halogenated alkanes) is 1. The predicted octanol–water partition coefficient (Wildman–Crippen LogP) is 2.21. The summed E-state index contributed by atoms with van der Waals surface area (Å²) < 4.78 is 4.83. The number of aliphatic hydroxyl groups is 2. The minimum atomic E-state index is -0.167. The summed E-state index contributed by atoms with van der Waals surface area (Å²) in [4.78, 5) is 0. The predicted molar refractivity (Wildman–Crippen MR) is 61.5 cm³/mol. The van der Waals surface area contributed by atoms with Crippen molar-refractivity contribution in [3.63, 3.8) is 0 Å². The molecule has 0 aliphatic carbocycles. The fraction of sp³-hybridized carbons (Fsp3) is 1.00. The van der Waals surface area contributed by atoms with Gasteiger partial charge in [0, 0.05) is 25.9 Å². The molecular weight excluding hydrogens is 180 g/mol. The number of aliphatic hydroxyl groups excluding tert-OH is 2. The van der Waals surface area contributed by atoms with Crippen molar-refractivity contribution in [1.29, 1.82) is 0 Å². The molecule has 0 rings (SSSR count). The summed E-state index contributed by atoms with van der Waals surface area (Å²) in [7, 11) is 0. The van der Waals surface area contributed by atoms with E-state index in [4.69, 9.17) is 14.9 Å². The highest BCUT2D eigenvalue weighted by molar-refractivity contribution is 4.23. The van der Waals surface area contributed by atoms with E-state index in [0.717, 1.165) is 26.1 Å². The second kappa shape index (κ2) is 23.1. The third kappa shape index (κ3) is 93.4. The lowest BCUT2D eigenvalue weighted by Crippen LogP contribution is -1.85. The molecule has 0 spiro atoms. The van der Waals surface area contributed by atoms with Crippen LogP contribution >= 0.6 is 0 Å². The third-order valence-corrected chi connectivity index (χ3v) is 0.920. The van der Waals surface area contributed by atoms with Crippen molar-refractivity contribution < 1.29 is 14.9 Å². The van der Waals surface area contributed by atoms with Crippen LogP contribution in [0.15, 0.2) is 0 Å². The molecule has 0 heterocycles. The van der Waals surface area contributed by atoms with Gasteiger partial charge in [-0.15, -0.1) is 0 Å². The van der Waals surface area contributed by atoms with Gasteiger partial charge in [-0.2, -0.15) is 0 Å². The maximum atomic E-state index is 8.07. The van der Waals surface area contributed by atoms with Gasteiger partial charge < -0.3 is 14.9 Å². The molecular formula is C11H28O3. The summed E-state index contributed by atoms with van der Waals surface area (Å²) in [6.45, 7) is 11.5. The van der Waals surface area contributed by atoms with Crippen molar-refractivity contribution in [2.75, 3.05) is 19.8 Å². The molecule has 0 bridgehead atoms. The van der Waals surface area contributed by atoms with Gasteiger partial charge in [-0.3, -0.25) is 0 Å². The van der Waals surface area contributed by atoms with Crippen molar-refractivity contribution in [2.24, 2.45) is 0 Å². The lowest BCUT2D eigenvalue weighted by molar-refractivity contribution is 0.162. The first-order valence-electron chi connectivity index (χ1n) is 5.43. The summed E-state index contributed by atoms with van der Waals surface area (Å²) in [5, 5.41) is 16.1. The standard InChI is InChI=1S/2C4H10O.C3H8O/c1-3-5-4-2;1-2-3-4-5;1-3(2)4/h3-4H2,1-2H3;5H,2-4H2,1H3;3-4H,1-2H3. The average Bonchev–Trinajstić information content (AvgIpc) is 2.07. The van der Waals surface area contributed by atoms with Crippen molar-refractivity contribution in [2.45, 2.75) is 53.6 Å². The molecule has 3 heteroatoms. The zero-order valence-electron chi connectivity index (χ0n) is 10.4. The van der Waals surface area contributed by atoms with Gasteiger partial charge in [0.05, 0.1) is 0 Å². The number of hydrogen-bond donors (Lipinski definition) is 2. The molecule has 0 amide bonds. The third-order valence-electron chi connectivity index (χ3n) is 0.920. The lowest BCUT2D eigenvalue weighted by atomic mass is 10.4. The SMILES string of the molecule is CC(C)O.CCCCO.CCOCC. The fourth-order valence-electron chi connectivity index (χ4n) is 0.362. The monoisotopic (exact) mass is 208 g/mol. The Kier molecular flexibility index (Phi) is 32.0. The van der Waals surface area contributed by atoms with Crippen LogP contribution < -0.4 is 0 Å². The van der Waals surface area contributed by atoms with E-state index in [9.17, 15) is 0 Å². The minimum Gasteiger partial charge on any atom is -0.396 e. The summed E-state index contributed by atoms with van der Waals surface area (Å²) in [5.41, 5.74) is 0. The molecule has 0 aromatic heterocycles. The topological polar surface area (TPSA) is 49.7 Å². The van der Waals surface area contributed by atoms with Gasteiger partial charge in [-0.1, -0.05) is 13.3 Å². The Hall–Kier alpha value is -0.120. The lowest BCUT2D eigenvalue weighted by Gasteiger charge is -1.86. The highest BCUT2D eigenvalue weighted by atomic mass is 16.5. The van der Waals surface area contributed by atoms with Crippen LogP contribution in [0.3, 0.4) is 0 Å². The molecule has 0 aromatic carbocycles. The summed E-state index contributed by atoms with van der Waals surface area (Å²) in [6, 6.07) is 0. The Morgan fingerprint density at radius 1 is 1.07 bits per heavy atom. The van der Waals surface area contributed by atoms with Crippen LogP contribution in [0.5, 0.6) is 0 Å². The Bertz CT molecular complexity index is 52.8. The van der Waals surface area contributed by atoms with Crippen molar-refractivity contribution >= 4 is 0 Å². The first-order chi connectivity index (χ1) is 6.56. The van der Waals surface area contributed by atoms with E-state index in [0.29, 0.717) is 6.61 Å². The van der Waals surface area contributed by atoms with E-state index in [2.05, 4.69) is 6.92 Å². The van der Waals surface area contributed by atoms with Gasteiger partial charge in [0.25, 0.3) is 0 Å². The van der Waals surface area contributed by atoms with Crippen LogP contribution in [0.1, 0.15) is 47.5 Å². The molecule has 0 aliphatic rings. The van der Waals surface area contributed by atoms with Crippen LogP contribution in [0, 0.1) is 0 Å². The molecule has 2 N–H and O–H groups in total. The molecule has 0 saturated heterocycles. The Morgan fingerprint density at radius 2 is 1.43 bits per heavy atom. The largest absolute Gasteiger partial charge is 0.396 e. The first kappa shape index (κ1) is 19.5. The van der Waals surface area contributed by atoms with Gasteiger partial charge in [0.1, 0.15) is 0 Å². The fourth-order valence-corrected chi connectivity index (χ4v) is 0.362. The quantitative estimate of drug-likeness (QED) is 0.744. The summed E-state index contributed by atoms with van der Waals surface area (Å²) >= 11 is 0. The summed E-state index contributed by atoms with van der Waals surface area (Å²) in [5.74, 6) is 0. The number of ether oxygens (including phenoxy) is 1. The molecule has 0 unspecified atom stereocenters. The van der Waals surface area contributed by atoms with Gasteiger partial charge in [0.15, 0.2) is 0 Å². The van der Waals surface area contributed by atoms with E-state index in [1.54, 1.807) is 13.8 Å². The number of rotatable bonds is 4. The van der Waals surface area contributed by atoms with Gasteiger partial charge in [0.2, 0.25) is 0 Å². The zero-order chi connectivity index (χ0) is 11.8. The molecule has 3 nitrogen and oxygen atoms in total. The van der Waals surface area contributed by atoms with Crippen LogP contribution in [-0.4, -0.2) is 36.1 Å². The van der Waals surface area contributed by atoms with Crippen molar-refractivity contribution in [3.05, 3.63) is 0 Å². The normalized spacial score (nSPS) is 8.57. The van der Waals surface area contributed by atoms with E-state index < -0.39 is 0 Å². The molecule has 0 aliphatic heterocycles. The molecule has 0 atom stereocenters. The average molecular weight is 208 g/mol. The maximum Gasteiger partial charge on any atom is 0.0483 e. The highest BCUT2D eigenvalue weighted by Crippen LogP contribution is 1.78. The van der Waals surface area contributed by atoms with Crippen LogP contribution in [-0.2, 0) is 4.74 Å². The summed E-state index contributed by atoms with van der Waals surface area (Å²) in [6.07, 6.45) is 1.87. The maximum absolute atomic E-state index is 8.07. The molecule has 0 radical (unpaired) electrons. The van der Waals surface area contributed by atoms with Gasteiger partial charge in [-0.05, 0) is 34.1 Å². The second-order valence-electron chi connectivity index (χ2n) is 2.95. The van der Waals surface area contributed by atoms with Crippen molar-refractivity contribution in [1.82, 2.24) is 0 Å². The van der Waals surface area contributed by atoms with Crippen molar-refractivity contribution in [3.8, 4) is 0 Å². The van der Waals surface area contributed by atoms with Crippen LogP contribution in [0.2, 0.25) is 0 Å². The molecule has 90 valence electrons. The minimum absolute atomic E-state index is 0.167. The number of hydrogen-bond acceptors (Lipinski definition) is 3. The molecule has 0 aromatic rings. The second-order valence-corrected chi connectivity index (χ2v) is 2.95. The highest BCUT2D eigenvalue weighted by Gasteiger charge is 1.69. The van der Waals surface area contributed by atoms with E-state index >= 15 is 0 Å². The first-order valence-corrected chi connectivity index (χ1v) is 5.43. The van der Waals surface area contributed by atoms with Gasteiger partial charge in [-0.25, -0.2) is 0 Å². The van der Waals surface area contributed by atoms with Crippen LogP contribution in [0.25, 0.3) is 0 Å².